The molecule has 3 rings (SSSR count). The molecule has 0 saturated heterocycles. The predicted molar refractivity (Wildman–Crippen MR) is 114 cm³/mol. The van der Waals surface area contributed by atoms with E-state index < -0.39 is 0 Å². The average Bonchev–Trinajstić information content (AvgIpc) is 3.10. The third-order valence-electron chi connectivity index (χ3n) is 4.42. The van der Waals surface area contributed by atoms with Gasteiger partial charge in [-0.25, -0.2) is 0 Å². The standard InChI is InChI=1S/C21H24BrN3OS/c1-3-25-20(6-4-5-16-9-13-19(26-2)14-10-16)23-24-21(25)27-15-17-7-11-18(22)12-8-17/h7-14H,3-6,15H2,1-2H3. The molecule has 0 spiro atoms. The molecular weight excluding hydrogens is 422 g/mol. The SMILES string of the molecule is CCn1c(CCCc2ccc(OC)cc2)nnc1SCc1ccc(Br)cc1. The Balaban J connectivity index is 1.55. The topological polar surface area (TPSA) is 39.9 Å². The Morgan fingerprint density at radius 3 is 2.33 bits per heavy atom. The summed E-state index contributed by atoms with van der Waals surface area (Å²) in [7, 11) is 1.69. The zero-order valence-electron chi connectivity index (χ0n) is 15.7. The summed E-state index contributed by atoms with van der Waals surface area (Å²) in [4.78, 5) is 0. The van der Waals surface area contributed by atoms with Gasteiger partial charge in [0.25, 0.3) is 0 Å². The number of aryl methyl sites for hydroxylation is 2. The quantitative estimate of drug-likeness (QED) is 0.405. The molecule has 0 radical (unpaired) electrons. The number of benzene rings is 2. The predicted octanol–water partition coefficient (Wildman–Crippen LogP) is 5.54. The average molecular weight is 446 g/mol. The van der Waals surface area contributed by atoms with Crippen molar-refractivity contribution >= 4 is 27.7 Å². The first-order chi connectivity index (χ1) is 13.2. The Bertz CT molecular complexity index is 847. The Hall–Kier alpha value is -1.79. The molecule has 0 unspecified atom stereocenters. The highest BCUT2D eigenvalue weighted by molar-refractivity contribution is 9.10. The number of aromatic nitrogens is 3. The van der Waals surface area contributed by atoms with E-state index in [2.05, 4.69) is 74.0 Å². The number of halogens is 1. The van der Waals surface area contributed by atoms with Crippen molar-refractivity contribution in [2.24, 2.45) is 0 Å². The number of hydrogen-bond donors (Lipinski definition) is 0. The van der Waals surface area contributed by atoms with E-state index >= 15 is 0 Å². The highest BCUT2D eigenvalue weighted by Crippen LogP contribution is 2.23. The van der Waals surface area contributed by atoms with Crippen molar-refractivity contribution in [1.82, 2.24) is 14.8 Å². The second-order valence-electron chi connectivity index (χ2n) is 6.26. The van der Waals surface area contributed by atoms with Crippen molar-refractivity contribution < 1.29 is 4.74 Å². The molecule has 0 N–H and O–H groups in total. The number of nitrogens with zero attached hydrogens (tertiary/aromatic N) is 3. The van der Waals surface area contributed by atoms with Crippen LogP contribution in [-0.4, -0.2) is 21.9 Å². The molecular formula is C21H24BrN3OS. The van der Waals surface area contributed by atoms with Crippen LogP contribution in [0.5, 0.6) is 5.75 Å². The van der Waals surface area contributed by atoms with Gasteiger partial charge in [0.05, 0.1) is 7.11 Å². The van der Waals surface area contributed by atoms with Gasteiger partial charge in [-0.3, -0.25) is 0 Å². The Kier molecular flexibility index (Phi) is 7.35. The minimum Gasteiger partial charge on any atom is -0.497 e. The van der Waals surface area contributed by atoms with Crippen LogP contribution in [0.3, 0.4) is 0 Å². The molecule has 0 aliphatic rings. The maximum Gasteiger partial charge on any atom is 0.191 e. The van der Waals surface area contributed by atoms with Gasteiger partial charge in [0.2, 0.25) is 0 Å². The molecule has 0 aliphatic heterocycles. The largest absolute Gasteiger partial charge is 0.497 e. The number of methoxy groups -OCH3 is 1. The number of rotatable bonds is 9. The molecule has 142 valence electrons. The van der Waals surface area contributed by atoms with Crippen LogP contribution in [0.25, 0.3) is 0 Å². The number of ether oxygens (including phenoxy) is 1. The summed E-state index contributed by atoms with van der Waals surface area (Å²) in [5.74, 6) is 2.87. The van der Waals surface area contributed by atoms with Gasteiger partial charge >= 0.3 is 0 Å². The fourth-order valence-electron chi connectivity index (χ4n) is 2.90. The van der Waals surface area contributed by atoms with Gasteiger partial charge in [-0.1, -0.05) is 52.0 Å². The van der Waals surface area contributed by atoms with E-state index in [1.807, 2.05) is 12.1 Å². The summed E-state index contributed by atoms with van der Waals surface area (Å²) in [5.41, 5.74) is 2.61. The Morgan fingerprint density at radius 1 is 0.963 bits per heavy atom. The molecule has 0 aliphatic carbocycles. The summed E-state index contributed by atoms with van der Waals surface area (Å²) < 4.78 is 8.55. The normalized spacial score (nSPS) is 10.9. The first kappa shape index (κ1) is 20.0. The van der Waals surface area contributed by atoms with Crippen LogP contribution in [0.4, 0.5) is 0 Å². The highest BCUT2D eigenvalue weighted by Gasteiger charge is 2.11. The van der Waals surface area contributed by atoms with E-state index in [4.69, 9.17) is 4.74 Å². The van der Waals surface area contributed by atoms with Crippen LogP contribution in [0.15, 0.2) is 58.2 Å². The maximum absolute atomic E-state index is 5.21. The van der Waals surface area contributed by atoms with Gasteiger partial charge in [0.15, 0.2) is 5.16 Å². The fourth-order valence-corrected chi connectivity index (χ4v) is 4.14. The van der Waals surface area contributed by atoms with Crippen LogP contribution in [0.1, 0.15) is 30.3 Å². The number of hydrogen-bond acceptors (Lipinski definition) is 4. The number of thioether (sulfide) groups is 1. The van der Waals surface area contributed by atoms with Crippen LogP contribution in [-0.2, 0) is 25.1 Å². The summed E-state index contributed by atoms with van der Waals surface area (Å²) in [6.07, 6.45) is 3.02. The third-order valence-corrected chi connectivity index (χ3v) is 5.98. The molecule has 0 bridgehead atoms. The minimum atomic E-state index is 0.896. The molecule has 0 atom stereocenters. The second-order valence-corrected chi connectivity index (χ2v) is 8.12. The first-order valence-electron chi connectivity index (χ1n) is 9.12. The van der Waals surface area contributed by atoms with E-state index in [1.54, 1.807) is 18.9 Å². The van der Waals surface area contributed by atoms with Crippen LogP contribution in [0.2, 0.25) is 0 Å². The lowest BCUT2D eigenvalue weighted by atomic mass is 10.1. The zero-order valence-corrected chi connectivity index (χ0v) is 18.1. The van der Waals surface area contributed by atoms with E-state index in [-0.39, 0.29) is 0 Å². The van der Waals surface area contributed by atoms with Crippen molar-refractivity contribution in [1.29, 1.82) is 0 Å². The van der Waals surface area contributed by atoms with Gasteiger partial charge in [0, 0.05) is 23.2 Å². The van der Waals surface area contributed by atoms with Crippen molar-refractivity contribution in [2.75, 3.05) is 7.11 Å². The van der Waals surface area contributed by atoms with Crippen LogP contribution < -0.4 is 4.74 Å². The Morgan fingerprint density at radius 2 is 1.67 bits per heavy atom. The van der Waals surface area contributed by atoms with Crippen molar-refractivity contribution in [3.8, 4) is 5.75 Å². The summed E-state index contributed by atoms with van der Waals surface area (Å²) in [5, 5.41) is 9.85. The lowest BCUT2D eigenvalue weighted by Gasteiger charge is -2.08. The van der Waals surface area contributed by atoms with Gasteiger partial charge in [-0.15, -0.1) is 10.2 Å². The lowest BCUT2D eigenvalue weighted by Crippen LogP contribution is -2.04. The minimum absolute atomic E-state index is 0.896. The third kappa shape index (κ3) is 5.59. The zero-order chi connectivity index (χ0) is 19.1. The smallest absolute Gasteiger partial charge is 0.191 e. The molecule has 27 heavy (non-hydrogen) atoms. The molecule has 4 nitrogen and oxygen atoms in total. The van der Waals surface area contributed by atoms with Crippen molar-refractivity contribution in [2.45, 2.75) is 43.6 Å². The highest BCUT2D eigenvalue weighted by atomic mass is 79.9. The van der Waals surface area contributed by atoms with Gasteiger partial charge in [-0.2, -0.15) is 0 Å². The molecule has 1 heterocycles. The summed E-state index contributed by atoms with van der Waals surface area (Å²) in [6.45, 7) is 3.05. The van der Waals surface area contributed by atoms with Crippen LogP contribution >= 0.6 is 27.7 Å². The Labute approximate surface area is 173 Å². The fraction of sp³-hybridized carbons (Fsp3) is 0.333. The monoisotopic (exact) mass is 445 g/mol. The summed E-state index contributed by atoms with van der Waals surface area (Å²) >= 11 is 5.22. The maximum atomic E-state index is 5.21. The van der Waals surface area contributed by atoms with E-state index in [9.17, 15) is 0 Å². The molecule has 1 aromatic heterocycles. The van der Waals surface area contributed by atoms with Gasteiger partial charge in [-0.05, 0) is 55.2 Å². The molecule has 6 heteroatoms. The van der Waals surface area contributed by atoms with E-state index in [1.165, 1.54) is 11.1 Å². The molecule has 3 aromatic rings. The van der Waals surface area contributed by atoms with Crippen molar-refractivity contribution in [3.63, 3.8) is 0 Å². The van der Waals surface area contributed by atoms with Crippen molar-refractivity contribution in [3.05, 3.63) is 70.0 Å². The van der Waals surface area contributed by atoms with E-state index in [0.29, 0.717) is 0 Å². The van der Waals surface area contributed by atoms with E-state index in [0.717, 1.165) is 52.8 Å². The molecule has 2 aromatic carbocycles. The van der Waals surface area contributed by atoms with Gasteiger partial charge in [0.1, 0.15) is 11.6 Å². The summed E-state index contributed by atoms with van der Waals surface area (Å²) in [6, 6.07) is 16.7. The molecule has 0 saturated carbocycles. The lowest BCUT2D eigenvalue weighted by molar-refractivity contribution is 0.414. The van der Waals surface area contributed by atoms with Gasteiger partial charge < -0.3 is 9.30 Å². The first-order valence-corrected chi connectivity index (χ1v) is 10.9. The molecule has 0 fully saturated rings. The second kappa shape index (κ2) is 9.95. The van der Waals surface area contributed by atoms with Crippen LogP contribution in [0, 0.1) is 0 Å². The molecule has 0 amide bonds.